The Bertz CT molecular complexity index is 456. The van der Waals surface area contributed by atoms with Gasteiger partial charge in [-0.3, -0.25) is 4.79 Å². The fourth-order valence-corrected chi connectivity index (χ4v) is 2.20. The highest BCUT2D eigenvalue weighted by Crippen LogP contribution is 2.31. The first-order valence-corrected chi connectivity index (χ1v) is 6.15. The molecule has 3 nitrogen and oxygen atoms in total. The lowest BCUT2D eigenvalue weighted by molar-refractivity contribution is -0.137. The van der Waals surface area contributed by atoms with Crippen LogP contribution in [0.1, 0.15) is 18.9 Å². The molecule has 104 valence electrons. The number of hydrogen-bond acceptors (Lipinski definition) is 2. The number of nitrogens with one attached hydrogen (secondary N) is 1. The van der Waals surface area contributed by atoms with Crippen molar-refractivity contribution in [2.75, 3.05) is 18.0 Å². The van der Waals surface area contributed by atoms with Gasteiger partial charge in [-0.15, -0.1) is 0 Å². The zero-order chi connectivity index (χ0) is 14.0. The highest BCUT2D eigenvalue weighted by molar-refractivity contribution is 5.99. The van der Waals surface area contributed by atoms with Gasteiger partial charge >= 0.3 is 6.18 Å². The lowest BCUT2D eigenvalue weighted by atomic mass is 10.2. The molecule has 0 spiro atoms. The van der Waals surface area contributed by atoms with Crippen molar-refractivity contribution in [3.05, 3.63) is 29.8 Å². The minimum atomic E-state index is -4.35. The van der Waals surface area contributed by atoms with E-state index in [0.717, 1.165) is 12.1 Å². The van der Waals surface area contributed by atoms with Crippen molar-refractivity contribution in [1.82, 2.24) is 5.32 Å². The molecule has 1 heterocycles. The zero-order valence-electron chi connectivity index (χ0n) is 10.5. The van der Waals surface area contributed by atoms with Gasteiger partial charge in [0, 0.05) is 12.2 Å². The first kappa shape index (κ1) is 13.9. The summed E-state index contributed by atoms with van der Waals surface area (Å²) in [6.45, 7) is 3.13. The Morgan fingerprint density at radius 2 is 1.95 bits per heavy atom. The Kier molecular flexibility index (Phi) is 3.80. The van der Waals surface area contributed by atoms with Gasteiger partial charge in [-0.05, 0) is 37.2 Å². The van der Waals surface area contributed by atoms with Crippen LogP contribution in [-0.2, 0) is 11.0 Å². The lowest BCUT2D eigenvalue weighted by Crippen LogP contribution is -2.38. The van der Waals surface area contributed by atoms with E-state index >= 15 is 0 Å². The summed E-state index contributed by atoms with van der Waals surface area (Å²) in [6, 6.07) is 4.46. The minimum Gasteiger partial charge on any atom is -0.311 e. The van der Waals surface area contributed by atoms with Crippen LogP contribution in [0.4, 0.5) is 18.9 Å². The number of hydrogen-bond donors (Lipinski definition) is 1. The normalized spacial score (nSPS) is 20.1. The molecule has 0 aromatic heterocycles. The van der Waals surface area contributed by atoms with E-state index in [2.05, 4.69) is 5.32 Å². The fraction of sp³-hybridized carbons (Fsp3) is 0.462. The van der Waals surface area contributed by atoms with Crippen molar-refractivity contribution in [3.63, 3.8) is 0 Å². The molecule has 1 unspecified atom stereocenters. The SMILES string of the molecule is CCNC1CCN(c2ccc(C(F)(F)F)cc2)C1=O. The summed E-state index contributed by atoms with van der Waals surface area (Å²) in [5.41, 5.74) is -0.190. The molecule has 1 saturated heterocycles. The second-order valence-corrected chi connectivity index (χ2v) is 4.43. The maximum absolute atomic E-state index is 12.4. The molecule has 1 aromatic rings. The summed E-state index contributed by atoms with van der Waals surface area (Å²) in [6.07, 6.45) is -3.67. The average molecular weight is 272 g/mol. The van der Waals surface area contributed by atoms with E-state index in [9.17, 15) is 18.0 Å². The molecule has 1 N–H and O–H groups in total. The molecular formula is C13H15F3N2O. The zero-order valence-corrected chi connectivity index (χ0v) is 10.5. The monoisotopic (exact) mass is 272 g/mol. The average Bonchev–Trinajstić information content (AvgIpc) is 2.71. The number of carbonyl (C=O) groups excluding carboxylic acids is 1. The van der Waals surface area contributed by atoms with Crippen molar-refractivity contribution in [2.24, 2.45) is 0 Å². The number of alkyl halides is 3. The van der Waals surface area contributed by atoms with E-state index in [4.69, 9.17) is 0 Å². The highest BCUT2D eigenvalue weighted by Gasteiger charge is 2.33. The van der Waals surface area contributed by atoms with Crippen molar-refractivity contribution >= 4 is 11.6 Å². The standard InChI is InChI=1S/C13H15F3N2O/c1-2-17-11-7-8-18(12(11)19)10-5-3-9(4-6-10)13(14,15)16/h3-6,11,17H,2,7-8H2,1H3. The van der Waals surface area contributed by atoms with Gasteiger partial charge in [-0.25, -0.2) is 0 Å². The Labute approximate surface area is 109 Å². The summed E-state index contributed by atoms with van der Waals surface area (Å²) in [7, 11) is 0. The summed E-state index contributed by atoms with van der Waals surface area (Å²) in [5.74, 6) is -0.0818. The molecule has 1 aliphatic heterocycles. The van der Waals surface area contributed by atoms with Crippen LogP contribution in [0.2, 0.25) is 0 Å². The van der Waals surface area contributed by atoms with E-state index < -0.39 is 11.7 Å². The molecule has 1 fully saturated rings. The number of rotatable bonds is 3. The largest absolute Gasteiger partial charge is 0.416 e. The van der Waals surface area contributed by atoms with Crippen molar-refractivity contribution in [3.8, 4) is 0 Å². The second kappa shape index (κ2) is 5.21. The van der Waals surface area contributed by atoms with Crippen molar-refractivity contribution in [2.45, 2.75) is 25.6 Å². The molecule has 0 bridgehead atoms. The molecule has 19 heavy (non-hydrogen) atoms. The molecule has 2 rings (SSSR count). The first-order valence-electron chi connectivity index (χ1n) is 6.15. The molecule has 0 saturated carbocycles. The highest BCUT2D eigenvalue weighted by atomic mass is 19.4. The number of benzene rings is 1. The maximum atomic E-state index is 12.4. The Morgan fingerprint density at radius 1 is 1.32 bits per heavy atom. The predicted octanol–water partition coefficient (Wildman–Crippen LogP) is 2.42. The summed E-state index contributed by atoms with van der Waals surface area (Å²) in [4.78, 5) is 13.5. The quantitative estimate of drug-likeness (QED) is 0.916. The molecule has 1 atom stereocenters. The summed E-state index contributed by atoms with van der Waals surface area (Å²) < 4.78 is 37.3. The van der Waals surface area contributed by atoms with Crippen LogP contribution in [0.25, 0.3) is 0 Å². The molecule has 0 radical (unpaired) electrons. The second-order valence-electron chi connectivity index (χ2n) is 4.43. The molecule has 1 amide bonds. The van der Waals surface area contributed by atoms with Gasteiger partial charge in [0.2, 0.25) is 5.91 Å². The van der Waals surface area contributed by atoms with E-state index in [0.29, 0.717) is 25.2 Å². The number of amides is 1. The van der Waals surface area contributed by atoms with Gasteiger partial charge in [0.05, 0.1) is 11.6 Å². The van der Waals surface area contributed by atoms with Crippen LogP contribution < -0.4 is 10.2 Å². The maximum Gasteiger partial charge on any atom is 0.416 e. The first-order chi connectivity index (χ1) is 8.93. The van der Waals surface area contributed by atoms with Crippen molar-refractivity contribution < 1.29 is 18.0 Å². The molecular weight excluding hydrogens is 257 g/mol. The van der Waals surface area contributed by atoms with Crippen LogP contribution in [0, 0.1) is 0 Å². The van der Waals surface area contributed by atoms with Gasteiger partial charge in [-0.1, -0.05) is 6.92 Å². The Hall–Kier alpha value is -1.56. The van der Waals surface area contributed by atoms with Crippen LogP contribution in [0.3, 0.4) is 0 Å². The van der Waals surface area contributed by atoms with Gasteiger partial charge in [0.15, 0.2) is 0 Å². The summed E-state index contributed by atoms with van der Waals surface area (Å²) in [5, 5.41) is 3.06. The van der Waals surface area contributed by atoms with Crippen LogP contribution in [0.15, 0.2) is 24.3 Å². The molecule has 1 aromatic carbocycles. The van der Waals surface area contributed by atoms with E-state index in [-0.39, 0.29) is 11.9 Å². The summed E-state index contributed by atoms with van der Waals surface area (Å²) >= 11 is 0. The molecule has 0 aliphatic carbocycles. The third-order valence-electron chi connectivity index (χ3n) is 3.16. The Balaban J connectivity index is 2.13. The fourth-order valence-electron chi connectivity index (χ4n) is 2.20. The van der Waals surface area contributed by atoms with Crippen LogP contribution in [0.5, 0.6) is 0 Å². The third-order valence-corrected chi connectivity index (χ3v) is 3.16. The van der Waals surface area contributed by atoms with Gasteiger partial charge < -0.3 is 10.2 Å². The van der Waals surface area contributed by atoms with Crippen LogP contribution in [-0.4, -0.2) is 25.0 Å². The van der Waals surface area contributed by atoms with E-state index in [1.165, 1.54) is 17.0 Å². The predicted molar refractivity (Wildman–Crippen MR) is 65.9 cm³/mol. The number of halogens is 3. The van der Waals surface area contributed by atoms with Gasteiger partial charge in [-0.2, -0.15) is 13.2 Å². The lowest BCUT2D eigenvalue weighted by Gasteiger charge is -2.17. The molecule has 6 heteroatoms. The van der Waals surface area contributed by atoms with E-state index in [1.807, 2.05) is 6.92 Å². The van der Waals surface area contributed by atoms with Gasteiger partial charge in [0.25, 0.3) is 0 Å². The van der Waals surface area contributed by atoms with Crippen molar-refractivity contribution in [1.29, 1.82) is 0 Å². The third kappa shape index (κ3) is 2.89. The van der Waals surface area contributed by atoms with Gasteiger partial charge in [0.1, 0.15) is 0 Å². The van der Waals surface area contributed by atoms with E-state index in [1.54, 1.807) is 0 Å². The Morgan fingerprint density at radius 3 is 2.47 bits per heavy atom. The number of likely N-dealkylation sites (N-methyl/N-ethyl adjacent to an activating group) is 1. The number of carbonyl (C=O) groups is 1. The minimum absolute atomic E-state index is 0.0818. The topological polar surface area (TPSA) is 32.3 Å². The number of anilines is 1. The van der Waals surface area contributed by atoms with Crippen LogP contribution >= 0.6 is 0 Å². The number of nitrogens with zero attached hydrogens (tertiary/aromatic N) is 1. The smallest absolute Gasteiger partial charge is 0.311 e. The molecule has 1 aliphatic rings.